The summed E-state index contributed by atoms with van der Waals surface area (Å²) in [4.78, 5) is 127. The van der Waals surface area contributed by atoms with Crippen molar-refractivity contribution in [3.63, 3.8) is 0 Å². The van der Waals surface area contributed by atoms with E-state index in [1.165, 1.54) is 13.3 Å². The number of aliphatic hydroxyl groups is 2. The van der Waals surface area contributed by atoms with E-state index >= 15 is 0 Å². The van der Waals surface area contributed by atoms with Gasteiger partial charge in [0.1, 0.15) is 18.3 Å². The van der Waals surface area contributed by atoms with Crippen LogP contribution in [-0.4, -0.2) is 138 Å². The molecule has 3 fully saturated rings. The maximum absolute atomic E-state index is 14.4. The first-order valence-electron chi connectivity index (χ1n) is 30.6. The number of hydrogen-bond donors (Lipinski definition) is 10. The van der Waals surface area contributed by atoms with Crippen LogP contribution in [-0.2, 0) is 56.6 Å². The van der Waals surface area contributed by atoms with E-state index < -0.39 is 143 Å². The second kappa shape index (κ2) is 24.2. The zero-order valence-electron chi connectivity index (χ0n) is 53.0. The molecule has 490 valence electrons. The number of ether oxygens (including phenoxy) is 2. The molecule has 28 heteroatoms. The summed E-state index contributed by atoms with van der Waals surface area (Å²) >= 11 is 0. The quantitative estimate of drug-likeness (QED) is 0.0532. The lowest BCUT2D eigenvalue weighted by Gasteiger charge is -2.48. The standard InChI is InChI=1S/C62H87N12O15P/c1-29-20-37-38(21-30(29)2)74(28-69-37)56-51(83)52(39(27-75)86-56)89-90(84,85)88-31(3)26-68-47(81)17-18-58(8)36(22-45(66)79)55-61(11)59(9,24-46(67)80)35(13-15-43(64)77)50(73-61)33(5)54-60(10)25-48(82)87-62(60,19-16-44(65)78)41(71-54)23-40-57(6,7)34(12-14-42(63)76)49(70-40)32(4)53(58)72-55/h20-21,23,28,31,34-36,39,51-52,55-56,71,75,83H,12-19,22,24-27H2,1-11H3,(H2,63,76)(H2,64,77)(H2,65,78)(H2,66,79)(H2,67,80)(H,68,81)(H,84,85)/b41-23?,49-32?,54-33-/t31-,34-,35-,36+,39-,51-,52-,55?,56+,58-,59+,60-,61+,62+/m1/s1. The van der Waals surface area contributed by atoms with Crippen molar-refractivity contribution in [2.75, 3.05) is 13.2 Å². The maximum atomic E-state index is 14.4. The Balaban J connectivity index is 1.10. The Morgan fingerprint density at radius 3 is 2.14 bits per heavy atom. The number of benzene rings is 1. The Morgan fingerprint density at radius 2 is 1.52 bits per heavy atom. The highest BCUT2D eigenvalue weighted by Gasteiger charge is 2.69. The molecule has 90 heavy (non-hydrogen) atoms. The van der Waals surface area contributed by atoms with Gasteiger partial charge < -0.3 is 68.4 Å². The Hall–Kier alpha value is -7.00. The molecule has 2 unspecified atom stereocenters. The van der Waals surface area contributed by atoms with Gasteiger partial charge in [0, 0.05) is 114 Å². The van der Waals surface area contributed by atoms with Crippen molar-refractivity contribution in [1.29, 1.82) is 0 Å². The van der Waals surface area contributed by atoms with Gasteiger partial charge in [-0.3, -0.25) is 57.6 Å². The molecule has 7 aliphatic rings. The van der Waals surface area contributed by atoms with E-state index in [1.54, 1.807) is 4.57 Å². The molecular weight excluding hydrogens is 1180 g/mol. The van der Waals surface area contributed by atoms with E-state index in [2.05, 4.69) is 15.6 Å². The molecule has 8 heterocycles. The number of aryl methyl sites for hydroxylation is 2. The molecule has 3 saturated heterocycles. The van der Waals surface area contributed by atoms with Gasteiger partial charge in [-0.15, -0.1) is 0 Å². The van der Waals surface area contributed by atoms with Crippen LogP contribution in [0.5, 0.6) is 0 Å². The molecule has 8 bridgehead atoms. The molecule has 0 saturated carbocycles. The number of allylic oxidation sites excluding steroid dienone is 4. The summed E-state index contributed by atoms with van der Waals surface area (Å²) in [5.74, 6) is -6.56. The van der Waals surface area contributed by atoms with Crippen molar-refractivity contribution in [2.24, 2.45) is 83.1 Å². The first-order chi connectivity index (χ1) is 41.9. The fourth-order valence-corrected chi connectivity index (χ4v) is 16.9. The van der Waals surface area contributed by atoms with Crippen LogP contribution in [0.4, 0.5) is 0 Å². The van der Waals surface area contributed by atoms with Gasteiger partial charge in [0.2, 0.25) is 35.4 Å². The predicted molar refractivity (Wildman–Crippen MR) is 330 cm³/mol. The average molecular weight is 1270 g/mol. The first-order valence-corrected chi connectivity index (χ1v) is 32.0. The minimum atomic E-state index is -5.07. The van der Waals surface area contributed by atoms with E-state index in [0.29, 0.717) is 56.4 Å². The van der Waals surface area contributed by atoms with Crippen molar-refractivity contribution < 1.29 is 71.8 Å². The fourth-order valence-electron chi connectivity index (χ4n) is 15.8. The number of fused-ring (bicyclic) bond motifs is 10. The molecule has 7 aliphatic heterocycles. The predicted octanol–water partition coefficient (Wildman–Crippen LogP) is 3.36. The average Bonchev–Trinajstić information content (AvgIpc) is 1.53. The molecule has 0 spiro atoms. The Morgan fingerprint density at radius 1 is 0.878 bits per heavy atom. The van der Waals surface area contributed by atoms with Gasteiger partial charge in [-0.2, -0.15) is 0 Å². The van der Waals surface area contributed by atoms with Crippen LogP contribution in [0, 0.1) is 53.3 Å². The largest absolute Gasteiger partial charge is 0.472 e. The van der Waals surface area contributed by atoms with E-state index in [1.807, 2.05) is 87.4 Å². The fraction of sp³-hybridized carbons (Fsp3) is 0.629. The van der Waals surface area contributed by atoms with E-state index in [-0.39, 0.29) is 77.2 Å². The number of imidazole rings is 1. The highest BCUT2D eigenvalue weighted by molar-refractivity contribution is 7.47. The summed E-state index contributed by atoms with van der Waals surface area (Å²) in [6, 6.07) is 2.70. The van der Waals surface area contributed by atoms with Crippen LogP contribution in [0.1, 0.15) is 150 Å². The molecule has 2 aromatic rings. The number of nitrogens with zero attached hydrogens (tertiary/aromatic N) is 5. The first kappa shape index (κ1) is 67.4. The molecule has 0 aliphatic carbocycles. The molecule has 6 amide bonds. The third kappa shape index (κ3) is 11.6. The highest BCUT2D eigenvalue weighted by Crippen LogP contribution is 2.64. The lowest BCUT2D eigenvalue weighted by atomic mass is 9.55. The van der Waals surface area contributed by atoms with Crippen molar-refractivity contribution in [3.8, 4) is 0 Å². The van der Waals surface area contributed by atoms with Crippen LogP contribution in [0.2, 0.25) is 0 Å². The smallest absolute Gasteiger partial charge is 0.452 e. The molecule has 1 aromatic heterocycles. The van der Waals surface area contributed by atoms with Crippen molar-refractivity contribution in [3.05, 3.63) is 63.9 Å². The lowest BCUT2D eigenvalue weighted by Crippen LogP contribution is -2.56. The van der Waals surface area contributed by atoms with Gasteiger partial charge >= 0.3 is 13.8 Å². The number of carbonyl (C=O) groups excluding carboxylic acids is 7. The minimum Gasteiger partial charge on any atom is -0.452 e. The number of carbonyl (C=O) groups is 7. The maximum Gasteiger partial charge on any atom is 0.472 e. The van der Waals surface area contributed by atoms with Gasteiger partial charge in [-0.25, -0.2) is 9.55 Å². The monoisotopic (exact) mass is 1270 g/mol. The van der Waals surface area contributed by atoms with Crippen molar-refractivity contribution in [1.82, 2.24) is 20.2 Å². The molecule has 9 rings (SSSR count). The Labute approximate surface area is 522 Å². The zero-order valence-corrected chi connectivity index (χ0v) is 53.9. The van der Waals surface area contributed by atoms with E-state index in [0.717, 1.165) is 11.1 Å². The summed E-state index contributed by atoms with van der Waals surface area (Å²) in [7, 11) is -5.07. The van der Waals surface area contributed by atoms with Crippen molar-refractivity contribution >= 4 is 77.4 Å². The second-order valence-corrected chi connectivity index (χ2v) is 28.6. The number of rotatable bonds is 24. The van der Waals surface area contributed by atoms with Gasteiger partial charge in [0.25, 0.3) is 0 Å². The van der Waals surface area contributed by atoms with Crippen LogP contribution >= 0.6 is 7.82 Å². The lowest BCUT2D eigenvalue weighted by molar-refractivity contribution is -0.148. The SMILES string of the molecule is CC1=C2N=C(C=C3N/C(=C(/C)C4=N[C@@](C)(C5N=C1[C@](C)(CCC(=O)NC[C@@H](C)OP(=O)(O)O[C@H]1[C@@H](O)[C@@H](n6cnc7cc(C)c(C)cc76)O[C@@H]1CO)[C@H]5CC(N)=O)[C@@](C)(CC(N)=O)[C@@H]4CCC(N)=O)[C@@]1(C)CC(=O)O[C@@]31CCC(N)=O)C(C)(C)[C@@H]2CCC(N)=O. The number of aliphatic imine (C=N–C) groups is 3. The summed E-state index contributed by atoms with van der Waals surface area (Å²) in [6.45, 7) is 19.2. The topological polar surface area (TPSA) is 443 Å². The number of primary amides is 5. The van der Waals surface area contributed by atoms with E-state index in [4.69, 9.17) is 62.2 Å². The van der Waals surface area contributed by atoms with Crippen LogP contribution in [0.25, 0.3) is 11.0 Å². The van der Waals surface area contributed by atoms with Crippen LogP contribution in [0.15, 0.2) is 67.8 Å². The number of esters is 1. The number of phosphoric acid groups is 1. The van der Waals surface area contributed by atoms with E-state index in [9.17, 15) is 53.2 Å². The third-order valence-corrected chi connectivity index (χ3v) is 22.2. The van der Waals surface area contributed by atoms with Crippen LogP contribution < -0.4 is 39.3 Å². The molecule has 15 N–H and O–H groups in total. The zero-order chi connectivity index (χ0) is 66.3. The number of hydrogen-bond acceptors (Lipinski definition) is 19. The molecule has 15 atom stereocenters. The number of aromatic nitrogens is 2. The Bertz CT molecular complexity index is 3610. The molecular formula is C62H87N12O15P. The summed E-state index contributed by atoms with van der Waals surface area (Å²) in [6.07, 6.45) is -4.61. The number of phosphoric ester groups is 1. The number of nitrogens with one attached hydrogen (secondary N) is 2. The van der Waals surface area contributed by atoms with Gasteiger partial charge in [-0.1, -0.05) is 27.7 Å². The van der Waals surface area contributed by atoms with Crippen LogP contribution in [0.3, 0.4) is 0 Å². The summed E-state index contributed by atoms with van der Waals surface area (Å²) in [5.41, 5.74) is 29.4. The van der Waals surface area contributed by atoms with Crippen molar-refractivity contribution in [2.45, 2.75) is 195 Å². The van der Waals surface area contributed by atoms with Gasteiger partial charge in [-0.05, 0) is 108 Å². The van der Waals surface area contributed by atoms with Gasteiger partial charge in [0.05, 0.1) is 59.2 Å². The Kier molecular flexibility index (Phi) is 18.1. The third-order valence-electron chi connectivity index (χ3n) is 21.0. The number of amides is 6. The summed E-state index contributed by atoms with van der Waals surface area (Å²) < 4.78 is 38.7. The number of aliphatic hydroxyl groups excluding tert-OH is 2. The number of nitrogens with two attached hydrogens (primary N) is 5. The molecule has 0 radical (unpaired) electrons. The van der Waals surface area contributed by atoms with Gasteiger partial charge in [0.15, 0.2) is 11.8 Å². The second-order valence-electron chi connectivity index (χ2n) is 27.2. The minimum absolute atomic E-state index is 0.0123. The highest BCUT2D eigenvalue weighted by atomic mass is 31.2. The molecule has 1 aromatic carbocycles. The summed E-state index contributed by atoms with van der Waals surface area (Å²) in [5, 5.41) is 28.2. The molecule has 27 nitrogen and oxygen atoms in total. The normalized spacial score (nSPS) is 34.3.